The number of rotatable bonds is 8. The van der Waals surface area contributed by atoms with Crippen molar-refractivity contribution in [1.82, 2.24) is 20.4 Å². The smallest absolute Gasteiger partial charge is 0.191 e. The highest BCUT2D eigenvalue weighted by molar-refractivity contribution is 5.79. The molecule has 2 aromatic rings. The fourth-order valence-corrected chi connectivity index (χ4v) is 2.23. The Balaban J connectivity index is 1.90. The van der Waals surface area contributed by atoms with Gasteiger partial charge < -0.3 is 15.4 Å². The lowest BCUT2D eigenvalue weighted by atomic mass is 10.2. The Hall–Kier alpha value is -2.50. The lowest BCUT2D eigenvalue weighted by Crippen LogP contribution is -2.42. The van der Waals surface area contributed by atoms with Crippen LogP contribution in [0.1, 0.15) is 26.0 Å². The average molecular weight is 329 g/mol. The van der Waals surface area contributed by atoms with Crippen LogP contribution < -0.4 is 15.4 Å². The number of aromatic nitrogens is 2. The first-order chi connectivity index (χ1) is 11.7. The van der Waals surface area contributed by atoms with Crippen LogP contribution >= 0.6 is 0 Å². The number of nitrogens with zero attached hydrogens (tertiary/aromatic N) is 3. The number of ether oxygens (including phenoxy) is 1. The summed E-state index contributed by atoms with van der Waals surface area (Å²) in [5.74, 6) is 1.68. The minimum atomic E-state index is 0.0907. The van der Waals surface area contributed by atoms with E-state index in [9.17, 15) is 0 Å². The predicted molar refractivity (Wildman–Crippen MR) is 97.2 cm³/mol. The van der Waals surface area contributed by atoms with E-state index >= 15 is 0 Å². The number of para-hydroxylation sites is 1. The molecule has 0 spiro atoms. The maximum atomic E-state index is 6.00. The normalized spacial score (nSPS) is 12.7. The number of hydrogen-bond acceptors (Lipinski definition) is 3. The van der Waals surface area contributed by atoms with Crippen molar-refractivity contribution in [2.45, 2.75) is 32.9 Å². The molecule has 6 nitrogen and oxygen atoms in total. The van der Waals surface area contributed by atoms with Gasteiger partial charge in [-0.05, 0) is 31.5 Å². The Morgan fingerprint density at radius 2 is 2.00 bits per heavy atom. The van der Waals surface area contributed by atoms with Crippen molar-refractivity contribution in [1.29, 1.82) is 0 Å². The van der Waals surface area contributed by atoms with Gasteiger partial charge in [-0.3, -0.25) is 4.68 Å². The third-order valence-electron chi connectivity index (χ3n) is 3.66. The average Bonchev–Trinajstić information content (AvgIpc) is 3.02. The summed E-state index contributed by atoms with van der Waals surface area (Å²) in [5.41, 5.74) is 1.07. The maximum absolute atomic E-state index is 6.00. The molecule has 1 atom stereocenters. The van der Waals surface area contributed by atoms with Gasteiger partial charge in [-0.15, -0.1) is 0 Å². The minimum absolute atomic E-state index is 0.0907. The van der Waals surface area contributed by atoms with E-state index in [-0.39, 0.29) is 6.10 Å². The summed E-state index contributed by atoms with van der Waals surface area (Å²) in [6.07, 6.45) is 2.79. The first-order valence-electron chi connectivity index (χ1n) is 8.43. The molecule has 0 bridgehead atoms. The standard InChI is InChI=1S/C18H27N5O/c1-4-16(24-17-9-7-6-8-10-17)14-21-18(19-5-2)20-13-15-11-12-22-23(15)3/h6-12,16H,4-5,13-14H2,1-3H3,(H2,19,20,21). The second kappa shape index (κ2) is 9.60. The van der Waals surface area contributed by atoms with E-state index in [1.165, 1.54) is 0 Å². The third-order valence-corrected chi connectivity index (χ3v) is 3.66. The van der Waals surface area contributed by atoms with Crippen molar-refractivity contribution >= 4 is 5.96 Å². The SMILES string of the molecule is CCNC(=NCc1ccnn1C)NCC(CC)Oc1ccccc1. The number of benzene rings is 1. The summed E-state index contributed by atoms with van der Waals surface area (Å²) in [7, 11) is 1.92. The van der Waals surface area contributed by atoms with Crippen molar-refractivity contribution in [3.05, 3.63) is 48.3 Å². The molecule has 1 heterocycles. The molecule has 24 heavy (non-hydrogen) atoms. The fraction of sp³-hybridized carbons (Fsp3) is 0.444. The van der Waals surface area contributed by atoms with Gasteiger partial charge in [0, 0.05) is 19.8 Å². The van der Waals surface area contributed by atoms with E-state index in [0.717, 1.165) is 30.4 Å². The first kappa shape index (κ1) is 17.8. The Bertz CT molecular complexity index is 623. The molecule has 2 rings (SSSR count). The minimum Gasteiger partial charge on any atom is -0.489 e. The summed E-state index contributed by atoms with van der Waals surface area (Å²) in [6, 6.07) is 11.9. The van der Waals surface area contributed by atoms with Crippen LogP contribution in [-0.4, -0.2) is 34.9 Å². The summed E-state index contributed by atoms with van der Waals surface area (Å²) >= 11 is 0. The van der Waals surface area contributed by atoms with Crippen LogP contribution in [0.3, 0.4) is 0 Å². The molecule has 1 unspecified atom stereocenters. The Morgan fingerprint density at radius 1 is 1.21 bits per heavy atom. The van der Waals surface area contributed by atoms with Crippen LogP contribution in [0.5, 0.6) is 5.75 Å². The van der Waals surface area contributed by atoms with Gasteiger partial charge in [0.1, 0.15) is 11.9 Å². The van der Waals surface area contributed by atoms with Crippen LogP contribution in [-0.2, 0) is 13.6 Å². The molecular formula is C18H27N5O. The molecule has 0 radical (unpaired) electrons. The number of aryl methyl sites for hydroxylation is 1. The second-order valence-electron chi connectivity index (χ2n) is 5.48. The van der Waals surface area contributed by atoms with Gasteiger partial charge in [0.15, 0.2) is 5.96 Å². The maximum Gasteiger partial charge on any atom is 0.191 e. The summed E-state index contributed by atoms with van der Waals surface area (Å²) < 4.78 is 7.84. The molecular weight excluding hydrogens is 302 g/mol. The number of aliphatic imine (C=N–C) groups is 1. The van der Waals surface area contributed by atoms with E-state index in [2.05, 4.69) is 34.6 Å². The van der Waals surface area contributed by atoms with Gasteiger partial charge in [0.05, 0.1) is 18.8 Å². The van der Waals surface area contributed by atoms with Gasteiger partial charge in [-0.1, -0.05) is 25.1 Å². The Labute approximate surface area is 143 Å². The van der Waals surface area contributed by atoms with Crippen LogP contribution in [0.2, 0.25) is 0 Å². The molecule has 0 saturated carbocycles. The lowest BCUT2D eigenvalue weighted by Gasteiger charge is -2.20. The van der Waals surface area contributed by atoms with Crippen LogP contribution in [0.4, 0.5) is 0 Å². The van der Waals surface area contributed by atoms with Crippen molar-refractivity contribution < 1.29 is 4.74 Å². The second-order valence-corrected chi connectivity index (χ2v) is 5.48. The van der Waals surface area contributed by atoms with Gasteiger partial charge in [-0.2, -0.15) is 5.10 Å². The van der Waals surface area contributed by atoms with Crippen LogP contribution in [0.15, 0.2) is 47.6 Å². The molecule has 1 aromatic carbocycles. The van der Waals surface area contributed by atoms with Gasteiger partial charge in [0.2, 0.25) is 0 Å². The quantitative estimate of drug-likeness (QED) is 0.576. The van der Waals surface area contributed by atoms with Crippen molar-refractivity contribution in [2.75, 3.05) is 13.1 Å². The van der Waals surface area contributed by atoms with Crippen molar-refractivity contribution in [2.24, 2.45) is 12.0 Å². The van der Waals surface area contributed by atoms with E-state index in [1.807, 2.05) is 48.1 Å². The van der Waals surface area contributed by atoms with Crippen LogP contribution in [0, 0.1) is 0 Å². The Morgan fingerprint density at radius 3 is 2.62 bits per heavy atom. The summed E-state index contributed by atoms with van der Waals surface area (Å²) in [5, 5.41) is 10.8. The van der Waals surface area contributed by atoms with E-state index < -0.39 is 0 Å². The number of nitrogens with one attached hydrogen (secondary N) is 2. The molecule has 0 amide bonds. The summed E-state index contributed by atoms with van der Waals surface area (Å²) in [6.45, 7) is 6.27. The topological polar surface area (TPSA) is 63.5 Å². The molecule has 0 fully saturated rings. The molecule has 130 valence electrons. The van der Waals surface area contributed by atoms with Gasteiger partial charge in [-0.25, -0.2) is 4.99 Å². The number of hydrogen-bond donors (Lipinski definition) is 2. The third kappa shape index (κ3) is 5.61. The molecule has 0 aliphatic carbocycles. The molecule has 6 heteroatoms. The fourth-order valence-electron chi connectivity index (χ4n) is 2.23. The largest absolute Gasteiger partial charge is 0.489 e. The zero-order chi connectivity index (χ0) is 17.2. The summed E-state index contributed by atoms with van der Waals surface area (Å²) in [4.78, 5) is 4.61. The highest BCUT2D eigenvalue weighted by atomic mass is 16.5. The van der Waals surface area contributed by atoms with Gasteiger partial charge >= 0.3 is 0 Å². The number of guanidine groups is 1. The first-order valence-corrected chi connectivity index (χ1v) is 8.43. The zero-order valence-corrected chi connectivity index (χ0v) is 14.7. The zero-order valence-electron chi connectivity index (χ0n) is 14.7. The van der Waals surface area contributed by atoms with Crippen molar-refractivity contribution in [3.8, 4) is 5.75 Å². The molecule has 0 aliphatic rings. The Kier molecular flexibility index (Phi) is 7.14. The van der Waals surface area contributed by atoms with Crippen LogP contribution in [0.25, 0.3) is 0 Å². The monoisotopic (exact) mass is 329 g/mol. The van der Waals surface area contributed by atoms with E-state index in [4.69, 9.17) is 4.74 Å². The highest BCUT2D eigenvalue weighted by Gasteiger charge is 2.09. The van der Waals surface area contributed by atoms with E-state index in [1.54, 1.807) is 6.20 Å². The molecule has 0 saturated heterocycles. The predicted octanol–water partition coefficient (Wildman–Crippen LogP) is 2.33. The molecule has 1 aromatic heterocycles. The highest BCUT2D eigenvalue weighted by Crippen LogP contribution is 2.12. The van der Waals surface area contributed by atoms with Crippen molar-refractivity contribution in [3.63, 3.8) is 0 Å². The lowest BCUT2D eigenvalue weighted by molar-refractivity contribution is 0.199. The molecule has 2 N–H and O–H groups in total. The van der Waals surface area contributed by atoms with E-state index in [0.29, 0.717) is 13.1 Å². The van der Waals surface area contributed by atoms with Gasteiger partial charge in [0.25, 0.3) is 0 Å². The molecule has 0 aliphatic heterocycles.